The zero-order valence-corrected chi connectivity index (χ0v) is 19.6. The smallest absolute Gasteiger partial charge is 0.394 e. The molecule has 0 aliphatic heterocycles. The van der Waals surface area contributed by atoms with Gasteiger partial charge in [0.25, 0.3) is 5.91 Å². The van der Waals surface area contributed by atoms with Crippen molar-refractivity contribution < 1.29 is 19.5 Å². The highest BCUT2D eigenvalue weighted by atomic mass is 16.4. The van der Waals surface area contributed by atoms with Crippen molar-refractivity contribution in [3.8, 4) is 11.3 Å². The number of aliphatic carboxylic acids is 1. The molecule has 0 saturated heterocycles. The lowest BCUT2D eigenvalue weighted by atomic mass is 9.84. The first-order chi connectivity index (χ1) is 16.6. The summed E-state index contributed by atoms with van der Waals surface area (Å²) < 4.78 is 1.75. The van der Waals surface area contributed by atoms with Crippen LogP contribution in [0.3, 0.4) is 0 Å². The highest BCUT2D eigenvalue weighted by molar-refractivity contribution is 6.31. The fourth-order valence-electron chi connectivity index (χ4n) is 3.71. The lowest BCUT2D eigenvalue weighted by Gasteiger charge is -2.25. The second-order valence-electron chi connectivity index (χ2n) is 8.85. The number of nitrogens with one attached hydrogen (secondary N) is 2. The molecule has 0 bridgehead atoms. The number of aromatic nitrogens is 3. The molecule has 0 saturated carbocycles. The van der Waals surface area contributed by atoms with E-state index in [0.29, 0.717) is 17.0 Å². The van der Waals surface area contributed by atoms with Gasteiger partial charge in [-0.3, -0.25) is 9.59 Å². The van der Waals surface area contributed by atoms with Crippen LogP contribution in [0.1, 0.15) is 35.5 Å². The quantitative estimate of drug-likeness (QED) is 0.370. The molecular weight excluding hydrogens is 446 g/mol. The number of fused-ring (bicyclic) bond motifs is 1. The van der Waals surface area contributed by atoms with Gasteiger partial charge in [-0.15, -0.1) is 0 Å². The molecule has 0 aliphatic carbocycles. The van der Waals surface area contributed by atoms with Crippen LogP contribution in [0, 0.1) is 6.92 Å². The average molecular weight is 472 g/mol. The predicted molar refractivity (Wildman–Crippen MR) is 131 cm³/mol. The van der Waals surface area contributed by atoms with Gasteiger partial charge in [-0.2, -0.15) is 5.10 Å². The second kappa shape index (κ2) is 9.38. The standard InChI is InChI=1S/C26H25N5O4/c1-16-13-22-28-21(14-20(31(22)30-16)17-7-5-4-6-8-17)29-23(32)18-9-11-19(12-10-18)26(2,3)15-27-24(33)25(34)35/h4-14H,15H2,1-3H3,(H,27,33)(H,34,35)(H,28,29,32). The molecule has 4 aromatic rings. The monoisotopic (exact) mass is 471 g/mol. The van der Waals surface area contributed by atoms with Crippen LogP contribution in [0.4, 0.5) is 5.82 Å². The van der Waals surface area contributed by atoms with Crippen LogP contribution in [0.5, 0.6) is 0 Å². The van der Waals surface area contributed by atoms with Gasteiger partial charge in [0.15, 0.2) is 5.65 Å². The molecule has 0 radical (unpaired) electrons. The SMILES string of the molecule is Cc1cc2nc(NC(=O)c3ccc(C(C)(C)CNC(=O)C(=O)O)cc3)cc(-c3ccccc3)n2n1. The Morgan fingerprint density at radius 1 is 1.00 bits per heavy atom. The van der Waals surface area contributed by atoms with E-state index in [1.54, 1.807) is 34.8 Å². The van der Waals surface area contributed by atoms with Gasteiger partial charge in [-0.1, -0.05) is 56.3 Å². The zero-order valence-electron chi connectivity index (χ0n) is 19.6. The van der Waals surface area contributed by atoms with Crippen LogP contribution in [0.15, 0.2) is 66.7 Å². The summed E-state index contributed by atoms with van der Waals surface area (Å²) in [5, 5.41) is 18.5. The van der Waals surface area contributed by atoms with Gasteiger partial charge in [0, 0.05) is 35.2 Å². The molecule has 35 heavy (non-hydrogen) atoms. The molecule has 4 rings (SSSR count). The first kappa shape index (κ1) is 23.6. The summed E-state index contributed by atoms with van der Waals surface area (Å²) in [5.41, 5.74) is 3.94. The molecule has 2 amide bonds. The summed E-state index contributed by atoms with van der Waals surface area (Å²) in [6.07, 6.45) is 0. The summed E-state index contributed by atoms with van der Waals surface area (Å²) in [5.74, 6) is -2.49. The molecule has 0 aliphatic rings. The van der Waals surface area contributed by atoms with Crippen molar-refractivity contribution >= 4 is 29.2 Å². The van der Waals surface area contributed by atoms with Crippen molar-refractivity contribution in [2.24, 2.45) is 0 Å². The summed E-state index contributed by atoms with van der Waals surface area (Å²) in [6, 6.07) is 20.3. The Morgan fingerprint density at radius 2 is 1.69 bits per heavy atom. The van der Waals surface area contributed by atoms with E-state index in [0.717, 1.165) is 22.5 Å². The fraction of sp³-hybridized carbons (Fsp3) is 0.192. The number of anilines is 1. The number of aryl methyl sites for hydroxylation is 1. The van der Waals surface area contributed by atoms with Gasteiger partial charge < -0.3 is 15.7 Å². The van der Waals surface area contributed by atoms with E-state index in [-0.39, 0.29) is 12.5 Å². The predicted octanol–water partition coefficient (Wildman–Crippen LogP) is 3.44. The number of carboxylic acid groups (broad SMARTS) is 1. The van der Waals surface area contributed by atoms with Crippen LogP contribution in [0.2, 0.25) is 0 Å². The van der Waals surface area contributed by atoms with Crippen molar-refractivity contribution in [1.82, 2.24) is 19.9 Å². The molecule has 0 atom stereocenters. The van der Waals surface area contributed by atoms with E-state index < -0.39 is 17.3 Å². The fourth-order valence-corrected chi connectivity index (χ4v) is 3.71. The molecule has 0 spiro atoms. The molecule has 2 aromatic carbocycles. The topological polar surface area (TPSA) is 126 Å². The molecule has 0 unspecified atom stereocenters. The number of hydrogen-bond acceptors (Lipinski definition) is 5. The number of nitrogens with zero attached hydrogens (tertiary/aromatic N) is 3. The minimum atomic E-state index is -1.53. The van der Waals surface area contributed by atoms with E-state index in [2.05, 4.69) is 20.7 Å². The van der Waals surface area contributed by atoms with E-state index in [1.165, 1.54) is 0 Å². The molecule has 178 valence electrons. The van der Waals surface area contributed by atoms with E-state index in [4.69, 9.17) is 5.11 Å². The molecule has 2 aromatic heterocycles. The normalized spacial score (nSPS) is 11.3. The van der Waals surface area contributed by atoms with Crippen LogP contribution in [0.25, 0.3) is 16.9 Å². The third-order valence-corrected chi connectivity index (χ3v) is 5.67. The lowest BCUT2D eigenvalue weighted by Crippen LogP contribution is -2.39. The number of amides is 2. The highest BCUT2D eigenvalue weighted by Crippen LogP contribution is 2.25. The number of rotatable bonds is 6. The van der Waals surface area contributed by atoms with E-state index in [9.17, 15) is 14.4 Å². The molecule has 3 N–H and O–H groups in total. The highest BCUT2D eigenvalue weighted by Gasteiger charge is 2.23. The third kappa shape index (κ3) is 5.19. The maximum Gasteiger partial charge on any atom is 0.394 e. The maximum absolute atomic E-state index is 13.0. The third-order valence-electron chi connectivity index (χ3n) is 5.67. The van der Waals surface area contributed by atoms with Gasteiger partial charge in [-0.05, 0) is 24.6 Å². The number of hydrogen-bond donors (Lipinski definition) is 3. The Hall–Kier alpha value is -4.53. The van der Waals surface area contributed by atoms with Gasteiger partial charge in [0.1, 0.15) is 5.82 Å². The summed E-state index contributed by atoms with van der Waals surface area (Å²) in [4.78, 5) is 39.6. The Labute approximate surface area is 201 Å². The molecule has 9 nitrogen and oxygen atoms in total. The first-order valence-corrected chi connectivity index (χ1v) is 11.0. The molecule has 2 heterocycles. The number of benzene rings is 2. The van der Waals surface area contributed by atoms with Gasteiger partial charge in [0.05, 0.1) is 11.4 Å². The minimum Gasteiger partial charge on any atom is -0.474 e. The Bertz CT molecular complexity index is 1410. The van der Waals surface area contributed by atoms with Gasteiger partial charge in [-0.25, -0.2) is 14.3 Å². The van der Waals surface area contributed by atoms with Crippen molar-refractivity contribution in [3.05, 3.63) is 83.6 Å². The largest absolute Gasteiger partial charge is 0.474 e. The minimum absolute atomic E-state index is 0.140. The Balaban J connectivity index is 1.55. The number of carboxylic acids is 1. The van der Waals surface area contributed by atoms with Crippen molar-refractivity contribution in [3.63, 3.8) is 0 Å². The average Bonchev–Trinajstić information content (AvgIpc) is 3.22. The van der Waals surface area contributed by atoms with Gasteiger partial charge >= 0.3 is 11.9 Å². The molecule has 9 heteroatoms. The van der Waals surface area contributed by atoms with Crippen molar-refractivity contribution in [2.75, 3.05) is 11.9 Å². The Morgan fingerprint density at radius 3 is 2.34 bits per heavy atom. The van der Waals surface area contributed by atoms with Crippen LogP contribution < -0.4 is 10.6 Å². The zero-order chi connectivity index (χ0) is 25.2. The number of carbonyl (C=O) groups excluding carboxylic acids is 2. The summed E-state index contributed by atoms with van der Waals surface area (Å²) >= 11 is 0. The molecular formula is C26H25N5O4. The number of carbonyl (C=O) groups is 3. The maximum atomic E-state index is 13.0. The first-order valence-electron chi connectivity index (χ1n) is 11.0. The van der Waals surface area contributed by atoms with Gasteiger partial charge in [0.2, 0.25) is 0 Å². The Kier molecular flexibility index (Phi) is 6.33. The van der Waals surface area contributed by atoms with Crippen molar-refractivity contribution in [1.29, 1.82) is 0 Å². The van der Waals surface area contributed by atoms with Crippen LogP contribution in [-0.4, -0.2) is 44.0 Å². The molecule has 0 fully saturated rings. The van der Waals surface area contributed by atoms with E-state index in [1.807, 2.05) is 57.2 Å². The van der Waals surface area contributed by atoms with Crippen LogP contribution in [-0.2, 0) is 15.0 Å². The summed E-state index contributed by atoms with van der Waals surface area (Å²) in [6.45, 7) is 5.78. The van der Waals surface area contributed by atoms with Crippen molar-refractivity contribution in [2.45, 2.75) is 26.2 Å². The second-order valence-corrected chi connectivity index (χ2v) is 8.85. The summed E-state index contributed by atoms with van der Waals surface area (Å²) in [7, 11) is 0. The van der Waals surface area contributed by atoms with E-state index >= 15 is 0 Å². The lowest BCUT2D eigenvalue weighted by molar-refractivity contribution is -0.150. The van der Waals surface area contributed by atoms with Crippen LogP contribution >= 0.6 is 0 Å².